The van der Waals surface area contributed by atoms with Crippen LogP contribution in [0.1, 0.15) is 82.0 Å². The number of piperazine rings is 1. The third-order valence-electron chi connectivity index (χ3n) is 7.85. The van der Waals surface area contributed by atoms with Crippen LogP contribution in [-0.4, -0.2) is 77.9 Å². The van der Waals surface area contributed by atoms with Crippen LogP contribution in [0.15, 0.2) is 24.3 Å². The van der Waals surface area contributed by atoms with E-state index in [-0.39, 0.29) is 23.9 Å². The van der Waals surface area contributed by atoms with E-state index in [1.807, 2.05) is 29.2 Å². The highest BCUT2D eigenvalue weighted by molar-refractivity contribution is 5.94. The molecule has 1 aromatic rings. The third-order valence-corrected chi connectivity index (χ3v) is 7.85. The molecule has 0 bridgehead atoms. The van der Waals surface area contributed by atoms with E-state index in [1.54, 1.807) is 0 Å². The molecule has 0 N–H and O–H groups in total. The van der Waals surface area contributed by atoms with Gasteiger partial charge in [0, 0.05) is 43.2 Å². The van der Waals surface area contributed by atoms with E-state index < -0.39 is 0 Å². The Morgan fingerprint density at radius 3 is 2.15 bits per heavy atom. The monoisotopic (exact) mass is 469 g/mol. The summed E-state index contributed by atoms with van der Waals surface area (Å²) in [5.74, 6) is 1.34. The molecule has 4 rings (SSSR count). The number of nitrogens with zero attached hydrogens (tertiary/aromatic N) is 3. The predicted molar refractivity (Wildman–Crippen MR) is 135 cm³/mol. The fourth-order valence-electron chi connectivity index (χ4n) is 6.02. The van der Waals surface area contributed by atoms with Crippen molar-refractivity contribution in [2.24, 2.45) is 5.92 Å². The normalized spacial score (nSPS) is 24.8. The van der Waals surface area contributed by atoms with Crippen molar-refractivity contribution >= 4 is 11.8 Å². The number of benzene rings is 1. The van der Waals surface area contributed by atoms with E-state index in [0.29, 0.717) is 31.2 Å². The van der Waals surface area contributed by atoms with Gasteiger partial charge in [-0.15, -0.1) is 0 Å². The van der Waals surface area contributed by atoms with E-state index in [4.69, 9.17) is 4.74 Å². The van der Waals surface area contributed by atoms with Crippen LogP contribution in [0.3, 0.4) is 0 Å². The van der Waals surface area contributed by atoms with E-state index in [2.05, 4.69) is 23.6 Å². The fourth-order valence-corrected chi connectivity index (χ4v) is 6.02. The number of ether oxygens (including phenoxy) is 1. The molecular formula is C28H43N3O3. The smallest absolute Gasteiger partial charge is 0.253 e. The largest absolute Gasteiger partial charge is 0.494 e. The molecule has 3 fully saturated rings. The van der Waals surface area contributed by atoms with Crippen molar-refractivity contribution in [1.29, 1.82) is 0 Å². The average Bonchev–Trinajstić information content (AvgIpc) is 2.87. The van der Waals surface area contributed by atoms with Gasteiger partial charge in [-0.1, -0.05) is 25.7 Å². The molecule has 0 aromatic heterocycles. The molecule has 1 saturated carbocycles. The maximum atomic E-state index is 13.2. The Labute approximate surface area is 205 Å². The minimum absolute atomic E-state index is 0.0418. The second-order valence-corrected chi connectivity index (χ2v) is 10.6. The Balaban J connectivity index is 1.25. The topological polar surface area (TPSA) is 53.1 Å². The summed E-state index contributed by atoms with van der Waals surface area (Å²) in [4.78, 5) is 32.8. The van der Waals surface area contributed by atoms with Crippen LogP contribution in [0.5, 0.6) is 5.75 Å². The SMILES string of the molecule is C[C@@H]1CN(C(=O)c2ccc(OCCCN3CCCCC3)cc2)C[C@H](C)N1C(=O)C1CCCCC1. The number of likely N-dealkylation sites (tertiary alicyclic amines) is 1. The first kappa shape index (κ1) is 25.0. The first-order valence-corrected chi connectivity index (χ1v) is 13.6. The molecule has 2 saturated heterocycles. The fraction of sp³-hybridized carbons (Fsp3) is 0.714. The molecule has 6 heteroatoms. The first-order valence-electron chi connectivity index (χ1n) is 13.6. The molecule has 34 heavy (non-hydrogen) atoms. The molecule has 2 atom stereocenters. The van der Waals surface area contributed by atoms with Gasteiger partial charge >= 0.3 is 0 Å². The molecule has 188 valence electrons. The van der Waals surface area contributed by atoms with E-state index in [1.165, 1.54) is 38.8 Å². The number of rotatable bonds is 7. The zero-order valence-electron chi connectivity index (χ0n) is 21.2. The molecule has 0 radical (unpaired) electrons. The van der Waals surface area contributed by atoms with Crippen molar-refractivity contribution in [1.82, 2.24) is 14.7 Å². The summed E-state index contributed by atoms with van der Waals surface area (Å²) in [7, 11) is 0. The van der Waals surface area contributed by atoms with Crippen molar-refractivity contribution in [2.45, 2.75) is 83.7 Å². The Morgan fingerprint density at radius 1 is 0.882 bits per heavy atom. The summed E-state index contributed by atoms with van der Waals surface area (Å²) in [5.41, 5.74) is 0.687. The van der Waals surface area contributed by atoms with Crippen LogP contribution >= 0.6 is 0 Å². The quantitative estimate of drug-likeness (QED) is 0.549. The van der Waals surface area contributed by atoms with E-state index in [0.717, 1.165) is 44.4 Å². The number of hydrogen-bond donors (Lipinski definition) is 0. The highest BCUT2D eigenvalue weighted by atomic mass is 16.5. The average molecular weight is 470 g/mol. The Kier molecular flexibility index (Phi) is 8.87. The van der Waals surface area contributed by atoms with Crippen LogP contribution in [0.25, 0.3) is 0 Å². The van der Waals surface area contributed by atoms with Crippen LogP contribution in [0.2, 0.25) is 0 Å². The number of carbonyl (C=O) groups excluding carboxylic acids is 2. The van der Waals surface area contributed by atoms with Gasteiger partial charge in [-0.3, -0.25) is 9.59 Å². The maximum Gasteiger partial charge on any atom is 0.253 e. The lowest BCUT2D eigenvalue weighted by molar-refractivity contribution is -0.144. The molecule has 0 spiro atoms. The maximum absolute atomic E-state index is 13.2. The van der Waals surface area contributed by atoms with Gasteiger partial charge in [-0.25, -0.2) is 0 Å². The molecule has 3 aliphatic rings. The van der Waals surface area contributed by atoms with Crippen molar-refractivity contribution in [3.8, 4) is 5.75 Å². The van der Waals surface area contributed by atoms with Gasteiger partial charge in [0.2, 0.25) is 5.91 Å². The standard InChI is InChI=1S/C28H43N3O3/c1-22-20-30(21-23(2)31(22)28(33)24-10-5-3-6-11-24)27(32)25-12-14-26(15-13-25)34-19-9-18-29-16-7-4-8-17-29/h12-15,22-24H,3-11,16-21H2,1-2H3/t22-,23+. The molecule has 2 amide bonds. The zero-order chi connectivity index (χ0) is 23.9. The lowest BCUT2D eigenvalue weighted by atomic mass is 9.87. The predicted octanol–water partition coefficient (Wildman–Crippen LogP) is 4.58. The minimum Gasteiger partial charge on any atom is -0.494 e. The van der Waals surface area contributed by atoms with Gasteiger partial charge in [0.25, 0.3) is 5.91 Å². The van der Waals surface area contributed by atoms with Crippen molar-refractivity contribution < 1.29 is 14.3 Å². The highest BCUT2D eigenvalue weighted by Crippen LogP contribution is 2.29. The molecule has 2 aliphatic heterocycles. The summed E-state index contributed by atoms with van der Waals surface area (Å²) in [5, 5.41) is 0. The zero-order valence-corrected chi connectivity index (χ0v) is 21.2. The van der Waals surface area contributed by atoms with Gasteiger partial charge in [-0.05, 0) is 83.3 Å². The van der Waals surface area contributed by atoms with Crippen molar-refractivity contribution in [3.63, 3.8) is 0 Å². The highest BCUT2D eigenvalue weighted by Gasteiger charge is 2.37. The Morgan fingerprint density at radius 2 is 1.50 bits per heavy atom. The molecular weight excluding hydrogens is 426 g/mol. The molecule has 1 aromatic carbocycles. The van der Waals surface area contributed by atoms with Gasteiger partial charge in [0.15, 0.2) is 0 Å². The van der Waals surface area contributed by atoms with Crippen LogP contribution in [-0.2, 0) is 4.79 Å². The summed E-state index contributed by atoms with van der Waals surface area (Å²) in [6, 6.07) is 7.65. The first-order chi connectivity index (χ1) is 16.5. The van der Waals surface area contributed by atoms with Gasteiger partial charge < -0.3 is 19.4 Å². The minimum atomic E-state index is 0.0418. The van der Waals surface area contributed by atoms with Gasteiger partial charge in [-0.2, -0.15) is 0 Å². The molecule has 2 heterocycles. The molecule has 0 unspecified atom stereocenters. The summed E-state index contributed by atoms with van der Waals surface area (Å²) in [6.07, 6.45) is 10.6. The van der Waals surface area contributed by atoms with Crippen LogP contribution < -0.4 is 4.74 Å². The number of piperidine rings is 1. The van der Waals surface area contributed by atoms with E-state index in [9.17, 15) is 9.59 Å². The lowest BCUT2D eigenvalue weighted by Crippen LogP contribution is -2.60. The number of hydrogen-bond acceptors (Lipinski definition) is 4. The summed E-state index contributed by atoms with van der Waals surface area (Å²) >= 11 is 0. The summed E-state index contributed by atoms with van der Waals surface area (Å²) in [6.45, 7) is 9.59. The van der Waals surface area contributed by atoms with Gasteiger partial charge in [0.05, 0.1) is 6.61 Å². The van der Waals surface area contributed by atoms with Crippen LogP contribution in [0, 0.1) is 5.92 Å². The second-order valence-electron chi connectivity index (χ2n) is 10.6. The number of carbonyl (C=O) groups is 2. The summed E-state index contributed by atoms with van der Waals surface area (Å²) < 4.78 is 5.91. The van der Waals surface area contributed by atoms with E-state index >= 15 is 0 Å². The van der Waals surface area contributed by atoms with Crippen molar-refractivity contribution in [2.75, 3.05) is 39.3 Å². The lowest BCUT2D eigenvalue weighted by Gasteiger charge is -2.46. The second kappa shape index (κ2) is 12.1. The third kappa shape index (κ3) is 6.32. The van der Waals surface area contributed by atoms with Gasteiger partial charge in [0.1, 0.15) is 5.75 Å². The molecule has 6 nitrogen and oxygen atoms in total. The molecule has 1 aliphatic carbocycles. The number of amides is 2. The van der Waals surface area contributed by atoms with Crippen molar-refractivity contribution in [3.05, 3.63) is 29.8 Å². The Bertz CT molecular complexity index is 788. The van der Waals surface area contributed by atoms with Crippen LogP contribution in [0.4, 0.5) is 0 Å². The Hall–Kier alpha value is -2.08.